The number of carboxylic acids is 1. The Bertz CT molecular complexity index is 175. The molecule has 0 aromatic carbocycles. The van der Waals surface area contributed by atoms with E-state index in [0.29, 0.717) is 25.6 Å². The van der Waals surface area contributed by atoms with Gasteiger partial charge < -0.3 is 14.6 Å². The lowest BCUT2D eigenvalue weighted by Crippen LogP contribution is -2.09. The average molecular weight is 236 g/mol. The second kappa shape index (κ2) is 9.95. The fourth-order valence-corrected chi connectivity index (χ4v) is 1.21. The van der Waals surface area contributed by atoms with Crippen LogP contribution in [0, 0.1) is 0 Å². The van der Waals surface area contributed by atoms with E-state index in [1.807, 2.05) is 0 Å². The third-order valence-electron chi connectivity index (χ3n) is 1.37. The van der Waals surface area contributed by atoms with E-state index < -0.39 is 5.97 Å². The van der Waals surface area contributed by atoms with Crippen LogP contribution in [0.5, 0.6) is 0 Å². The highest BCUT2D eigenvalue weighted by Gasteiger charge is 1.96. The van der Waals surface area contributed by atoms with E-state index in [0.717, 1.165) is 0 Å². The predicted octanol–water partition coefficient (Wildman–Crippen LogP) is 0.774. The van der Waals surface area contributed by atoms with Crippen molar-refractivity contribution in [3.05, 3.63) is 0 Å². The second-order valence-corrected chi connectivity index (χ2v) is 3.98. The third kappa shape index (κ3) is 13.4. The Labute approximate surface area is 93.1 Å². The summed E-state index contributed by atoms with van der Waals surface area (Å²) in [5, 5.41) is 8.37. The van der Waals surface area contributed by atoms with Gasteiger partial charge in [0.15, 0.2) is 5.12 Å². The third-order valence-corrected chi connectivity index (χ3v) is 2.14. The molecule has 0 spiro atoms. The number of ether oxygens (including phenoxy) is 2. The Morgan fingerprint density at radius 2 is 1.73 bits per heavy atom. The van der Waals surface area contributed by atoms with Crippen LogP contribution >= 0.6 is 11.8 Å². The van der Waals surface area contributed by atoms with Crippen molar-refractivity contribution in [1.82, 2.24) is 0 Å². The summed E-state index contributed by atoms with van der Waals surface area (Å²) in [5.41, 5.74) is 0. The zero-order valence-electron chi connectivity index (χ0n) is 8.73. The Morgan fingerprint density at radius 1 is 1.13 bits per heavy atom. The van der Waals surface area contributed by atoms with Crippen LogP contribution in [0.3, 0.4) is 0 Å². The van der Waals surface area contributed by atoms with Crippen LogP contribution in [0.4, 0.5) is 0 Å². The maximum Gasteiger partial charge on any atom is 0.305 e. The largest absolute Gasteiger partial charge is 0.481 e. The highest BCUT2D eigenvalue weighted by Crippen LogP contribution is 1.99. The van der Waals surface area contributed by atoms with Gasteiger partial charge in [0.25, 0.3) is 0 Å². The van der Waals surface area contributed by atoms with Gasteiger partial charge in [-0.15, -0.1) is 0 Å². The molecule has 0 aliphatic heterocycles. The summed E-state index contributed by atoms with van der Waals surface area (Å²) in [4.78, 5) is 20.6. The number of carbonyl (C=O) groups is 2. The molecular formula is C9H16O5S. The van der Waals surface area contributed by atoms with Crippen LogP contribution in [-0.2, 0) is 19.1 Å². The molecule has 0 heterocycles. The molecule has 15 heavy (non-hydrogen) atoms. The van der Waals surface area contributed by atoms with Gasteiger partial charge in [0, 0.05) is 12.7 Å². The number of hydrogen-bond donors (Lipinski definition) is 1. The standard InChI is InChI=1S/C9H16O5S/c1-8(10)15-7-6-14-5-4-13-3-2-9(11)12/h2-7H2,1H3,(H,11,12). The van der Waals surface area contributed by atoms with Gasteiger partial charge in [-0.2, -0.15) is 0 Å². The predicted molar refractivity (Wildman–Crippen MR) is 57.0 cm³/mol. The molecule has 0 aliphatic rings. The average Bonchev–Trinajstić information content (AvgIpc) is 2.14. The first-order valence-electron chi connectivity index (χ1n) is 4.63. The lowest BCUT2D eigenvalue weighted by Gasteiger charge is -2.03. The van der Waals surface area contributed by atoms with Crippen molar-refractivity contribution in [2.45, 2.75) is 13.3 Å². The first kappa shape index (κ1) is 14.4. The zero-order valence-corrected chi connectivity index (χ0v) is 9.55. The maximum atomic E-state index is 10.5. The van der Waals surface area contributed by atoms with Gasteiger partial charge in [-0.1, -0.05) is 11.8 Å². The summed E-state index contributed by atoms with van der Waals surface area (Å²) < 4.78 is 10.1. The molecule has 88 valence electrons. The van der Waals surface area contributed by atoms with Gasteiger partial charge in [0.2, 0.25) is 0 Å². The van der Waals surface area contributed by atoms with E-state index >= 15 is 0 Å². The van der Waals surface area contributed by atoms with Crippen LogP contribution in [0.2, 0.25) is 0 Å². The Balaban J connectivity index is 2.99. The van der Waals surface area contributed by atoms with Crippen LogP contribution in [0.25, 0.3) is 0 Å². The van der Waals surface area contributed by atoms with E-state index in [9.17, 15) is 9.59 Å². The Kier molecular flexibility index (Phi) is 9.55. The molecule has 0 aromatic heterocycles. The van der Waals surface area contributed by atoms with Crippen molar-refractivity contribution in [2.75, 3.05) is 32.2 Å². The van der Waals surface area contributed by atoms with E-state index in [-0.39, 0.29) is 18.1 Å². The molecule has 5 nitrogen and oxygen atoms in total. The summed E-state index contributed by atoms with van der Waals surface area (Å²) in [6, 6.07) is 0. The normalized spacial score (nSPS) is 10.2. The van der Waals surface area contributed by atoms with Crippen molar-refractivity contribution >= 4 is 22.8 Å². The molecule has 0 saturated carbocycles. The van der Waals surface area contributed by atoms with Gasteiger partial charge in [0.05, 0.1) is 32.8 Å². The molecule has 0 rings (SSSR count). The van der Waals surface area contributed by atoms with Crippen LogP contribution in [0.1, 0.15) is 13.3 Å². The Hall–Kier alpha value is -0.590. The summed E-state index contributed by atoms with van der Waals surface area (Å²) in [5.74, 6) is -0.224. The molecule has 0 bridgehead atoms. The van der Waals surface area contributed by atoms with Crippen LogP contribution < -0.4 is 0 Å². The van der Waals surface area contributed by atoms with Gasteiger partial charge in [-0.3, -0.25) is 9.59 Å². The molecule has 0 aliphatic carbocycles. The van der Waals surface area contributed by atoms with Crippen LogP contribution in [0.15, 0.2) is 0 Å². The first-order chi connectivity index (χ1) is 7.13. The molecule has 0 aromatic rings. The van der Waals surface area contributed by atoms with Crippen molar-refractivity contribution in [2.24, 2.45) is 0 Å². The fourth-order valence-electron chi connectivity index (χ4n) is 0.726. The molecule has 0 fully saturated rings. The highest BCUT2D eigenvalue weighted by atomic mass is 32.2. The first-order valence-corrected chi connectivity index (χ1v) is 5.62. The minimum atomic E-state index is -0.867. The SMILES string of the molecule is CC(=O)SCCOCCOCCC(=O)O. The molecule has 1 N–H and O–H groups in total. The van der Waals surface area contributed by atoms with E-state index in [4.69, 9.17) is 14.6 Å². The number of aliphatic carboxylic acids is 1. The summed E-state index contributed by atoms with van der Waals surface area (Å²) >= 11 is 1.22. The molecule has 0 radical (unpaired) electrons. The minimum Gasteiger partial charge on any atom is -0.481 e. The smallest absolute Gasteiger partial charge is 0.305 e. The van der Waals surface area contributed by atoms with Crippen molar-refractivity contribution in [3.63, 3.8) is 0 Å². The van der Waals surface area contributed by atoms with E-state index in [2.05, 4.69) is 0 Å². The van der Waals surface area contributed by atoms with Gasteiger partial charge in [0.1, 0.15) is 0 Å². The quantitative estimate of drug-likeness (QED) is 0.596. The van der Waals surface area contributed by atoms with Crippen molar-refractivity contribution in [3.8, 4) is 0 Å². The zero-order chi connectivity index (χ0) is 11.5. The number of thioether (sulfide) groups is 1. The number of rotatable bonds is 9. The number of hydrogen-bond acceptors (Lipinski definition) is 5. The van der Waals surface area contributed by atoms with E-state index in [1.54, 1.807) is 0 Å². The maximum absolute atomic E-state index is 10.5. The van der Waals surface area contributed by atoms with Gasteiger partial charge >= 0.3 is 5.97 Å². The molecular weight excluding hydrogens is 220 g/mol. The highest BCUT2D eigenvalue weighted by molar-refractivity contribution is 8.13. The lowest BCUT2D eigenvalue weighted by molar-refractivity contribution is -0.138. The monoisotopic (exact) mass is 236 g/mol. The Morgan fingerprint density at radius 3 is 2.27 bits per heavy atom. The summed E-state index contributed by atoms with van der Waals surface area (Å²) in [7, 11) is 0. The molecule has 0 atom stereocenters. The van der Waals surface area contributed by atoms with Gasteiger partial charge in [-0.05, 0) is 0 Å². The van der Waals surface area contributed by atoms with Crippen molar-refractivity contribution < 1.29 is 24.2 Å². The van der Waals surface area contributed by atoms with E-state index in [1.165, 1.54) is 18.7 Å². The topological polar surface area (TPSA) is 72.8 Å². The second-order valence-electron chi connectivity index (χ2n) is 2.71. The summed E-state index contributed by atoms with van der Waals surface area (Å²) in [6.07, 6.45) is 0.0141. The lowest BCUT2D eigenvalue weighted by atomic mass is 10.5. The number of carboxylic acid groups (broad SMARTS) is 1. The number of carbonyl (C=O) groups excluding carboxylic acids is 1. The summed E-state index contributed by atoms with van der Waals surface area (Å²) in [6.45, 7) is 3.04. The minimum absolute atomic E-state index is 0.0141. The fraction of sp³-hybridized carbons (Fsp3) is 0.778. The molecule has 0 amide bonds. The molecule has 6 heteroatoms. The molecule has 0 unspecified atom stereocenters. The van der Waals surface area contributed by atoms with Crippen LogP contribution in [-0.4, -0.2) is 48.4 Å². The van der Waals surface area contributed by atoms with Gasteiger partial charge in [-0.25, -0.2) is 0 Å². The molecule has 0 saturated heterocycles. The van der Waals surface area contributed by atoms with Crippen molar-refractivity contribution in [1.29, 1.82) is 0 Å².